The number of hydrogen-bond acceptors (Lipinski definition) is 2. The minimum Gasteiger partial charge on any atom is -0.353 e. The Balaban J connectivity index is 2.19. The third kappa shape index (κ3) is 1.95. The van der Waals surface area contributed by atoms with Crippen LogP contribution >= 0.6 is 11.6 Å². The van der Waals surface area contributed by atoms with Crippen molar-refractivity contribution >= 4 is 28.2 Å². The second-order valence-electron chi connectivity index (χ2n) is 4.98. The van der Waals surface area contributed by atoms with Crippen molar-refractivity contribution in [2.45, 2.75) is 31.7 Å². The number of aromatic nitrogens is 1. The Hall–Kier alpha value is -1.28. The van der Waals surface area contributed by atoms with Crippen LogP contribution < -0.4 is 4.90 Å². The molecule has 3 rings (SSSR count). The molecule has 0 bridgehead atoms. The minimum atomic E-state index is 0.472. The fraction of sp³-hybridized carbons (Fsp3) is 0.400. The Morgan fingerprint density at radius 3 is 2.94 bits per heavy atom. The summed E-state index contributed by atoms with van der Waals surface area (Å²) in [5.74, 6) is 1.58. The second kappa shape index (κ2) is 4.77. The fourth-order valence-corrected chi connectivity index (χ4v) is 2.91. The van der Waals surface area contributed by atoms with Gasteiger partial charge in [-0.05, 0) is 31.2 Å². The van der Waals surface area contributed by atoms with Gasteiger partial charge < -0.3 is 4.90 Å². The highest BCUT2D eigenvalue weighted by Crippen LogP contribution is 2.31. The molecule has 1 aromatic heterocycles. The Morgan fingerprint density at radius 2 is 2.22 bits per heavy atom. The van der Waals surface area contributed by atoms with Gasteiger partial charge in [0, 0.05) is 18.0 Å². The zero-order valence-electron chi connectivity index (χ0n) is 10.6. The summed E-state index contributed by atoms with van der Waals surface area (Å²) in [5, 5.41) is 2.47. The lowest BCUT2D eigenvalue weighted by Gasteiger charge is -2.24. The van der Waals surface area contributed by atoms with E-state index < -0.39 is 0 Å². The molecule has 94 valence electrons. The molecule has 1 atom stereocenters. The van der Waals surface area contributed by atoms with Crippen molar-refractivity contribution in [1.29, 1.82) is 0 Å². The van der Waals surface area contributed by atoms with E-state index in [0.717, 1.165) is 18.1 Å². The van der Waals surface area contributed by atoms with Crippen LogP contribution in [0.25, 0.3) is 10.8 Å². The molecule has 18 heavy (non-hydrogen) atoms. The van der Waals surface area contributed by atoms with Crippen molar-refractivity contribution in [3.05, 3.63) is 36.0 Å². The van der Waals surface area contributed by atoms with Crippen LogP contribution in [0.5, 0.6) is 0 Å². The molecule has 0 radical (unpaired) electrons. The lowest BCUT2D eigenvalue weighted by atomic mass is 10.1. The molecule has 2 heterocycles. The summed E-state index contributed by atoms with van der Waals surface area (Å²) >= 11 is 5.96. The van der Waals surface area contributed by atoms with E-state index in [2.05, 4.69) is 42.2 Å². The van der Waals surface area contributed by atoms with Gasteiger partial charge in [-0.25, -0.2) is 4.98 Å². The first-order chi connectivity index (χ1) is 8.79. The zero-order valence-corrected chi connectivity index (χ0v) is 11.3. The maximum atomic E-state index is 5.96. The Morgan fingerprint density at radius 1 is 1.39 bits per heavy atom. The fourth-order valence-electron chi connectivity index (χ4n) is 2.77. The first kappa shape index (κ1) is 11.8. The highest BCUT2D eigenvalue weighted by Gasteiger charge is 2.23. The van der Waals surface area contributed by atoms with Gasteiger partial charge in [0.05, 0.1) is 11.6 Å². The number of pyridine rings is 1. The average Bonchev–Trinajstić information content (AvgIpc) is 2.83. The molecular weight excluding hydrogens is 244 g/mol. The van der Waals surface area contributed by atoms with Gasteiger partial charge in [0.15, 0.2) is 0 Å². The highest BCUT2D eigenvalue weighted by molar-refractivity contribution is 6.17. The molecule has 0 saturated carbocycles. The molecule has 2 nitrogen and oxygen atoms in total. The molecule has 0 N–H and O–H groups in total. The Bertz CT molecular complexity index is 567. The van der Waals surface area contributed by atoms with Crippen LogP contribution in [0, 0.1) is 0 Å². The molecule has 1 aromatic carbocycles. The quantitative estimate of drug-likeness (QED) is 0.760. The Kier molecular flexibility index (Phi) is 3.13. The second-order valence-corrected chi connectivity index (χ2v) is 5.24. The van der Waals surface area contributed by atoms with Crippen molar-refractivity contribution in [3.63, 3.8) is 0 Å². The Labute approximate surface area is 113 Å². The standard InChI is InChI=1S/C15H17ClN2/c1-11-5-4-8-18(11)15-14-7-3-2-6-12(14)9-13(10-16)17-15/h2-3,6-7,9,11H,4-5,8,10H2,1H3. The van der Waals surface area contributed by atoms with Gasteiger partial charge in [-0.15, -0.1) is 11.6 Å². The molecule has 0 amide bonds. The maximum Gasteiger partial charge on any atom is 0.137 e. The summed E-state index contributed by atoms with van der Waals surface area (Å²) < 4.78 is 0. The molecule has 1 unspecified atom stereocenters. The molecule has 3 heteroatoms. The summed E-state index contributed by atoms with van der Waals surface area (Å²) in [7, 11) is 0. The van der Waals surface area contributed by atoms with E-state index in [-0.39, 0.29) is 0 Å². The van der Waals surface area contributed by atoms with E-state index >= 15 is 0 Å². The predicted octanol–water partition coefficient (Wildman–Crippen LogP) is 3.96. The summed E-state index contributed by atoms with van der Waals surface area (Å²) in [5.41, 5.74) is 0.962. The van der Waals surface area contributed by atoms with Crippen molar-refractivity contribution in [2.75, 3.05) is 11.4 Å². The third-order valence-corrected chi connectivity index (χ3v) is 4.01. The van der Waals surface area contributed by atoms with E-state index in [1.807, 2.05) is 0 Å². The van der Waals surface area contributed by atoms with Crippen LogP contribution in [0.15, 0.2) is 30.3 Å². The number of hydrogen-bond donors (Lipinski definition) is 0. The molecular formula is C15H17ClN2. The SMILES string of the molecule is CC1CCCN1c1nc(CCl)cc2ccccc12. The summed E-state index contributed by atoms with van der Waals surface area (Å²) in [6.07, 6.45) is 2.50. The summed E-state index contributed by atoms with van der Waals surface area (Å²) in [6.45, 7) is 3.38. The smallest absolute Gasteiger partial charge is 0.137 e. The lowest BCUT2D eigenvalue weighted by Crippen LogP contribution is -2.27. The number of fused-ring (bicyclic) bond motifs is 1. The first-order valence-corrected chi connectivity index (χ1v) is 7.04. The van der Waals surface area contributed by atoms with Gasteiger partial charge in [0.25, 0.3) is 0 Å². The van der Waals surface area contributed by atoms with Crippen molar-refractivity contribution in [2.24, 2.45) is 0 Å². The van der Waals surface area contributed by atoms with E-state index in [4.69, 9.17) is 16.6 Å². The zero-order chi connectivity index (χ0) is 12.5. The van der Waals surface area contributed by atoms with E-state index in [9.17, 15) is 0 Å². The van der Waals surface area contributed by atoms with Gasteiger partial charge >= 0.3 is 0 Å². The normalized spacial score (nSPS) is 19.7. The molecule has 2 aromatic rings. The molecule has 1 aliphatic heterocycles. The monoisotopic (exact) mass is 260 g/mol. The summed E-state index contributed by atoms with van der Waals surface area (Å²) in [6, 6.07) is 11.1. The topological polar surface area (TPSA) is 16.1 Å². The van der Waals surface area contributed by atoms with Crippen LogP contribution in [0.3, 0.4) is 0 Å². The molecule has 0 spiro atoms. The lowest BCUT2D eigenvalue weighted by molar-refractivity contribution is 0.728. The predicted molar refractivity (Wildman–Crippen MR) is 77.3 cm³/mol. The van der Waals surface area contributed by atoms with Crippen molar-refractivity contribution in [1.82, 2.24) is 4.98 Å². The highest BCUT2D eigenvalue weighted by atomic mass is 35.5. The number of anilines is 1. The van der Waals surface area contributed by atoms with Gasteiger partial charge in [0.2, 0.25) is 0 Å². The van der Waals surface area contributed by atoms with Crippen LogP contribution in [-0.2, 0) is 5.88 Å². The van der Waals surface area contributed by atoms with Crippen molar-refractivity contribution < 1.29 is 0 Å². The molecule has 0 aliphatic carbocycles. The van der Waals surface area contributed by atoms with Crippen LogP contribution in [0.1, 0.15) is 25.5 Å². The van der Waals surface area contributed by atoms with Crippen LogP contribution in [-0.4, -0.2) is 17.6 Å². The molecule has 1 saturated heterocycles. The third-order valence-electron chi connectivity index (χ3n) is 3.74. The van der Waals surface area contributed by atoms with Crippen molar-refractivity contribution in [3.8, 4) is 0 Å². The van der Waals surface area contributed by atoms with Crippen LogP contribution in [0.4, 0.5) is 5.82 Å². The number of rotatable bonds is 2. The van der Waals surface area contributed by atoms with Gasteiger partial charge in [-0.2, -0.15) is 0 Å². The minimum absolute atomic E-state index is 0.472. The van der Waals surface area contributed by atoms with Gasteiger partial charge in [0.1, 0.15) is 5.82 Å². The van der Waals surface area contributed by atoms with E-state index in [1.54, 1.807) is 0 Å². The van der Waals surface area contributed by atoms with Gasteiger partial charge in [-0.3, -0.25) is 0 Å². The van der Waals surface area contributed by atoms with E-state index in [1.165, 1.54) is 23.6 Å². The van der Waals surface area contributed by atoms with E-state index in [0.29, 0.717) is 11.9 Å². The van der Waals surface area contributed by atoms with Gasteiger partial charge in [-0.1, -0.05) is 24.3 Å². The number of benzene rings is 1. The number of halogens is 1. The number of alkyl halides is 1. The van der Waals surface area contributed by atoms with Crippen LogP contribution in [0.2, 0.25) is 0 Å². The largest absolute Gasteiger partial charge is 0.353 e. The maximum absolute atomic E-state index is 5.96. The molecule has 1 fully saturated rings. The summed E-state index contributed by atoms with van der Waals surface area (Å²) in [4.78, 5) is 7.16. The number of nitrogens with zero attached hydrogens (tertiary/aromatic N) is 2. The molecule has 1 aliphatic rings. The average molecular weight is 261 g/mol. The first-order valence-electron chi connectivity index (χ1n) is 6.51.